The Bertz CT molecular complexity index is 1020. The smallest absolute Gasteiger partial charge is 0.232 e. The van der Waals surface area contributed by atoms with E-state index in [0.29, 0.717) is 36.3 Å². The number of hydrogen-bond acceptors (Lipinski definition) is 5. The number of carbonyl (C=O) groups is 1. The van der Waals surface area contributed by atoms with Crippen molar-refractivity contribution >= 4 is 11.6 Å². The van der Waals surface area contributed by atoms with E-state index in [4.69, 9.17) is 9.26 Å². The first-order valence-corrected chi connectivity index (χ1v) is 9.19. The standard InChI is InChI=1S/C21H20FN3O3/c1-3-27-18-7-5-4-6-16(18)20-23-21(28-24-20)14-10-19(26)25(12-14)17-11-15(22)9-8-13(17)2/h4-9,11,14H,3,10,12H2,1-2H3. The van der Waals surface area contributed by atoms with Crippen LogP contribution in [0.25, 0.3) is 11.4 Å². The van der Waals surface area contributed by atoms with Crippen molar-refractivity contribution in [2.75, 3.05) is 18.1 Å². The van der Waals surface area contributed by atoms with E-state index in [0.717, 1.165) is 11.1 Å². The highest BCUT2D eigenvalue weighted by Crippen LogP contribution is 2.35. The van der Waals surface area contributed by atoms with Crippen molar-refractivity contribution in [2.24, 2.45) is 0 Å². The maximum Gasteiger partial charge on any atom is 0.232 e. The summed E-state index contributed by atoms with van der Waals surface area (Å²) in [4.78, 5) is 18.6. The quantitative estimate of drug-likeness (QED) is 0.665. The number of benzene rings is 2. The van der Waals surface area contributed by atoms with E-state index < -0.39 is 0 Å². The van der Waals surface area contributed by atoms with Crippen LogP contribution in [0.2, 0.25) is 0 Å². The van der Waals surface area contributed by atoms with Gasteiger partial charge in [0.05, 0.1) is 18.1 Å². The van der Waals surface area contributed by atoms with E-state index in [1.54, 1.807) is 11.0 Å². The van der Waals surface area contributed by atoms with Crippen LogP contribution in [0.5, 0.6) is 5.75 Å². The molecule has 0 spiro atoms. The average Bonchev–Trinajstić information content (AvgIpc) is 3.31. The molecule has 1 aliphatic heterocycles. The number of nitrogens with zero attached hydrogens (tertiary/aromatic N) is 3. The van der Waals surface area contributed by atoms with Crippen molar-refractivity contribution in [3.63, 3.8) is 0 Å². The lowest BCUT2D eigenvalue weighted by Crippen LogP contribution is -2.25. The minimum absolute atomic E-state index is 0.0897. The molecule has 144 valence electrons. The SMILES string of the molecule is CCOc1ccccc1-c1noc(C2CC(=O)N(c3cc(F)ccc3C)C2)n1. The van der Waals surface area contributed by atoms with Crippen LogP contribution in [0.3, 0.4) is 0 Å². The summed E-state index contributed by atoms with van der Waals surface area (Å²) >= 11 is 0. The minimum atomic E-state index is -0.371. The molecule has 1 saturated heterocycles. The van der Waals surface area contributed by atoms with Crippen molar-refractivity contribution in [2.45, 2.75) is 26.2 Å². The lowest BCUT2D eigenvalue weighted by atomic mass is 10.1. The molecule has 1 atom stereocenters. The topological polar surface area (TPSA) is 68.5 Å². The number of carbonyl (C=O) groups excluding carboxylic acids is 1. The summed E-state index contributed by atoms with van der Waals surface area (Å²) in [7, 11) is 0. The second kappa shape index (κ2) is 7.42. The zero-order valence-electron chi connectivity index (χ0n) is 15.7. The van der Waals surface area contributed by atoms with Crippen LogP contribution in [0, 0.1) is 12.7 Å². The third kappa shape index (κ3) is 3.35. The number of aryl methyl sites for hydroxylation is 1. The summed E-state index contributed by atoms with van der Waals surface area (Å²) < 4.78 is 24.7. The molecule has 0 N–H and O–H groups in total. The molecule has 0 aliphatic carbocycles. The number of amides is 1. The summed E-state index contributed by atoms with van der Waals surface area (Å²) in [6.45, 7) is 4.66. The minimum Gasteiger partial charge on any atom is -0.493 e. The lowest BCUT2D eigenvalue weighted by molar-refractivity contribution is -0.117. The first-order valence-electron chi connectivity index (χ1n) is 9.19. The molecule has 0 saturated carbocycles. The number of aromatic nitrogens is 2. The fourth-order valence-corrected chi connectivity index (χ4v) is 3.42. The molecule has 28 heavy (non-hydrogen) atoms. The fraction of sp³-hybridized carbons (Fsp3) is 0.286. The molecule has 1 unspecified atom stereocenters. The van der Waals surface area contributed by atoms with Crippen LogP contribution in [-0.2, 0) is 4.79 Å². The van der Waals surface area contributed by atoms with Gasteiger partial charge < -0.3 is 14.2 Å². The molecule has 1 fully saturated rings. The van der Waals surface area contributed by atoms with Crippen LogP contribution in [0.4, 0.5) is 10.1 Å². The largest absolute Gasteiger partial charge is 0.493 e. The Morgan fingerprint density at radius 2 is 2.11 bits per heavy atom. The number of anilines is 1. The van der Waals surface area contributed by atoms with E-state index in [1.165, 1.54) is 12.1 Å². The summed E-state index contributed by atoms with van der Waals surface area (Å²) in [6, 6.07) is 11.9. The number of halogens is 1. The average molecular weight is 381 g/mol. The van der Waals surface area contributed by atoms with Crippen LogP contribution in [-0.4, -0.2) is 29.2 Å². The van der Waals surface area contributed by atoms with Gasteiger partial charge in [0.15, 0.2) is 0 Å². The van der Waals surface area contributed by atoms with Gasteiger partial charge >= 0.3 is 0 Å². The molecule has 0 radical (unpaired) electrons. The fourth-order valence-electron chi connectivity index (χ4n) is 3.42. The zero-order valence-corrected chi connectivity index (χ0v) is 15.7. The normalized spacial score (nSPS) is 16.6. The third-order valence-corrected chi connectivity index (χ3v) is 4.81. The van der Waals surface area contributed by atoms with Gasteiger partial charge in [-0.05, 0) is 43.7 Å². The van der Waals surface area contributed by atoms with E-state index in [-0.39, 0.29) is 24.1 Å². The number of rotatable bonds is 5. The maximum atomic E-state index is 13.6. The molecule has 0 bridgehead atoms. The molecule has 1 aromatic heterocycles. The van der Waals surface area contributed by atoms with Gasteiger partial charge in [0.25, 0.3) is 0 Å². The van der Waals surface area contributed by atoms with Crippen LogP contribution < -0.4 is 9.64 Å². The summed E-state index contributed by atoms with van der Waals surface area (Å²) in [5, 5.41) is 4.07. The second-order valence-electron chi connectivity index (χ2n) is 6.72. The highest BCUT2D eigenvalue weighted by molar-refractivity contribution is 5.97. The van der Waals surface area contributed by atoms with E-state index in [2.05, 4.69) is 10.1 Å². The van der Waals surface area contributed by atoms with Crippen LogP contribution in [0.1, 0.15) is 30.7 Å². The van der Waals surface area contributed by atoms with E-state index in [9.17, 15) is 9.18 Å². The Balaban J connectivity index is 1.59. The Labute approximate surface area is 161 Å². The van der Waals surface area contributed by atoms with Gasteiger partial charge in [-0.3, -0.25) is 4.79 Å². The van der Waals surface area contributed by atoms with Crippen molar-refractivity contribution in [1.82, 2.24) is 10.1 Å². The van der Waals surface area contributed by atoms with Crippen molar-refractivity contribution < 1.29 is 18.4 Å². The Kier molecular flexibility index (Phi) is 4.81. The van der Waals surface area contributed by atoms with Gasteiger partial charge in [-0.15, -0.1) is 0 Å². The van der Waals surface area contributed by atoms with Gasteiger partial charge in [0, 0.05) is 18.7 Å². The Hall–Kier alpha value is -3.22. The highest BCUT2D eigenvalue weighted by atomic mass is 19.1. The van der Waals surface area contributed by atoms with Gasteiger partial charge in [-0.1, -0.05) is 23.4 Å². The molecule has 1 amide bonds. The zero-order chi connectivity index (χ0) is 19.7. The van der Waals surface area contributed by atoms with Gasteiger partial charge in [0.1, 0.15) is 11.6 Å². The maximum absolute atomic E-state index is 13.6. The Morgan fingerprint density at radius 1 is 1.29 bits per heavy atom. The molecule has 4 rings (SSSR count). The number of ether oxygens (including phenoxy) is 1. The van der Waals surface area contributed by atoms with Crippen molar-refractivity contribution in [3.8, 4) is 17.1 Å². The molecule has 2 heterocycles. The molecule has 1 aliphatic rings. The van der Waals surface area contributed by atoms with E-state index >= 15 is 0 Å². The molecule has 7 heteroatoms. The van der Waals surface area contributed by atoms with Crippen LogP contribution >= 0.6 is 0 Å². The first-order chi connectivity index (χ1) is 13.6. The number of para-hydroxylation sites is 1. The summed E-state index contributed by atoms with van der Waals surface area (Å²) in [5.41, 5.74) is 2.16. The molecular weight excluding hydrogens is 361 g/mol. The molecule has 3 aromatic rings. The highest BCUT2D eigenvalue weighted by Gasteiger charge is 2.36. The first kappa shape index (κ1) is 18.2. The molecule has 6 nitrogen and oxygen atoms in total. The number of hydrogen-bond donors (Lipinski definition) is 0. The molecular formula is C21H20FN3O3. The van der Waals surface area contributed by atoms with Gasteiger partial charge in [0.2, 0.25) is 17.6 Å². The Morgan fingerprint density at radius 3 is 2.93 bits per heavy atom. The second-order valence-corrected chi connectivity index (χ2v) is 6.72. The third-order valence-electron chi connectivity index (χ3n) is 4.81. The van der Waals surface area contributed by atoms with E-state index in [1.807, 2.05) is 38.1 Å². The van der Waals surface area contributed by atoms with Crippen molar-refractivity contribution in [1.29, 1.82) is 0 Å². The van der Waals surface area contributed by atoms with Crippen molar-refractivity contribution in [3.05, 3.63) is 59.7 Å². The van der Waals surface area contributed by atoms with Gasteiger partial charge in [-0.2, -0.15) is 4.98 Å². The summed E-state index contributed by atoms with van der Waals surface area (Å²) in [6.07, 6.45) is 0.241. The van der Waals surface area contributed by atoms with Gasteiger partial charge in [-0.25, -0.2) is 4.39 Å². The predicted octanol–water partition coefficient (Wildman–Crippen LogP) is 4.10. The molecule has 2 aromatic carbocycles. The predicted molar refractivity (Wildman–Crippen MR) is 102 cm³/mol. The monoisotopic (exact) mass is 381 g/mol. The van der Waals surface area contributed by atoms with Crippen LogP contribution in [0.15, 0.2) is 47.0 Å². The summed E-state index contributed by atoms with van der Waals surface area (Å²) in [5.74, 6) is 0.795. The lowest BCUT2D eigenvalue weighted by Gasteiger charge is -2.18.